The Kier molecular flexibility index (Phi) is 26.6. The van der Waals surface area contributed by atoms with Crippen LogP contribution in [0.5, 0.6) is 0 Å². The summed E-state index contributed by atoms with van der Waals surface area (Å²) in [7, 11) is 0. The van der Waals surface area contributed by atoms with Crippen molar-refractivity contribution in [2.24, 2.45) is 17.8 Å². The van der Waals surface area contributed by atoms with Crippen molar-refractivity contribution in [3.63, 3.8) is 0 Å². The summed E-state index contributed by atoms with van der Waals surface area (Å²) < 4.78 is 0. The van der Waals surface area contributed by atoms with E-state index in [1.165, 1.54) is 161 Å². The third kappa shape index (κ3) is 28.1. The van der Waals surface area contributed by atoms with Gasteiger partial charge in [-0.05, 0) is 17.8 Å². The largest absolute Gasteiger partial charge is 0.0654 e. The summed E-state index contributed by atoms with van der Waals surface area (Å²) in [5, 5.41) is 0. The Morgan fingerprint density at radius 1 is 0.303 bits per heavy atom. The van der Waals surface area contributed by atoms with Crippen LogP contribution in [-0.4, -0.2) is 0 Å². The molecule has 0 nitrogen and oxygen atoms in total. The quantitative estimate of drug-likeness (QED) is 0.106. The minimum atomic E-state index is 0.892. The van der Waals surface area contributed by atoms with Gasteiger partial charge in [-0.1, -0.05) is 195 Å². The average Bonchev–Trinajstić information content (AvgIpc) is 2.78. The highest BCUT2D eigenvalue weighted by Gasteiger charge is 2.04. The van der Waals surface area contributed by atoms with Crippen LogP contribution < -0.4 is 0 Å². The van der Waals surface area contributed by atoms with E-state index in [2.05, 4.69) is 34.6 Å². The van der Waals surface area contributed by atoms with Crippen molar-refractivity contribution in [2.75, 3.05) is 0 Å². The van der Waals surface area contributed by atoms with Crippen LogP contribution in [0.3, 0.4) is 0 Å². The van der Waals surface area contributed by atoms with Crippen molar-refractivity contribution in [1.29, 1.82) is 0 Å². The molecule has 0 aromatic rings. The summed E-state index contributed by atoms with van der Waals surface area (Å²) in [5.41, 5.74) is 0. The highest BCUT2D eigenvalue weighted by molar-refractivity contribution is 4.58. The molecule has 0 bridgehead atoms. The van der Waals surface area contributed by atoms with E-state index in [1.807, 2.05) is 0 Å². The topological polar surface area (TPSA) is 0 Å². The lowest BCUT2D eigenvalue weighted by Gasteiger charge is -2.12. The maximum absolute atomic E-state index is 2.50. The van der Waals surface area contributed by atoms with Crippen LogP contribution in [0.4, 0.5) is 0 Å². The van der Waals surface area contributed by atoms with Gasteiger partial charge in [0.2, 0.25) is 0 Å². The highest BCUT2D eigenvalue weighted by atomic mass is 14.1. The molecule has 0 aliphatic carbocycles. The third-order valence-corrected chi connectivity index (χ3v) is 7.92. The molecule has 0 amide bonds. The molecular weight excluding hydrogens is 396 g/mol. The van der Waals surface area contributed by atoms with Crippen LogP contribution >= 0.6 is 0 Å². The van der Waals surface area contributed by atoms with Crippen molar-refractivity contribution in [1.82, 2.24) is 0 Å². The molecule has 0 aliphatic rings. The van der Waals surface area contributed by atoms with Crippen molar-refractivity contribution in [2.45, 2.75) is 195 Å². The van der Waals surface area contributed by atoms with Gasteiger partial charge in [0.05, 0.1) is 0 Å². The van der Waals surface area contributed by atoms with Gasteiger partial charge in [-0.3, -0.25) is 0 Å². The lowest BCUT2D eigenvalue weighted by atomic mass is 9.95. The molecule has 2 atom stereocenters. The van der Waals surface area contributed by atoms with Crippen LogP contribution in [0.15, 0.2) is 0 Å². The van der Waals surface area contributed by atoms with Gasteiger partial charge in [-0.15, -0.1) is 0 Å². The zero-order chi connectivity index (χ0) is 24.4. The maximum atomic E-state index is 2.50. The van der Waals surface area contributed by atoms with Gasteiger partial charge in [0, 0.05) is 0 Å². The minimum absolute atomic E-state index is 0.892. The second kappa shape index (κ2) is 26.6. The first-order valence-electron chi connectivity index (χ1n) is 16.1. The van der Waals surface area contributed by atoms with Crippen molar-refractivity contribution >= 4 is 0 Å². The van der Waals surface area contributed by atoms with E-state index in [0.717, 1.165) is 17.8 Å². The standard InChI is InChI=1S/C33H68/c1-6-7-8-9-10-12-17-22-27-32(4)28-23-18-13-11-14-19-24-29-33(5)30-25-20-15-16-21-26-31(2)3/h31-33H,6-30H2,1-5H3. The number of rotatable bonds is 27. The average molecular weight is 465 g/mol. The highest BCUT2D eigenvalue weighted by Crippen LogP contribution is 2.21. The van der Waals surface area contributed by atoms with Gasteiger partial charge in [0.1, 0.15) is 0 Å². The number of unbranched alkanes of at least 4 members (excludes halogenated alkanes) is 17. The zero-order valence-electron chi connectivity index (χ0n) is 24.4. The minimum Gasteiger partial charge on any atom is -0.0654 e. The predicted molar refractivity (Wildman–Crippen MR) is 154 cm³/mol. The second-order valence-electron chi connectivity index (χ2n) is 12.3. The van der Waals surface area contributed by atoms with E-state index >= 15 is 0 Å². The van der Waals surface area contributed by atoms with Gasteiger partial charge in [0.15, 0.2) is 0 Å². The Labute approximate surface area is 212 Å². The predicted octanol–water partition coefficient (Wildman–Crippen LogP) is 12.7. The van der Waals surface area contributed by atoms with Crippen LogP contribution in [0, 0.1) is 17.8 Å². The lowest BCUT2D eigenvalue weighted by molar-refractivity contribution is 0.421. The molecule has 0 aromatic heterocycles. The molecule has 0 heteroatoms. The second-order valence-corrected chi connectivity index (χ2v) is 12.3. The molecule has 0 fully saturated rings. The summed E-state index contributed by atoms with van der Waals surface area (Å²) in [5.74, 6) is 2.82. The molecule has 0 rings (SSSR count). The van der Waals surface area contributed by atoms with Gasteiger partial charge in [-0.2, -0.15) is 0 Å². The van der Waals surface area contributed by atoms with E-state index < -0.39 is 0 Å². The molecule has 0 saturated heterocycles. The molecule has 0 aliphatic heterocycles. The van der Waals surface area contributed by atoms with E-state index in [0.29, 0.717) is 0 Å². The summed E-state index contributed by atoms with van der Waals surface area (Å²) in [6.07, 6.45) is 36.7. The Morgan fingerprint density at radius 3 is 0.818 bits per heavy atom. The molecule has 0 N–H and O–H groups in total. The van der Waals surface area contributed by atoms with Gasteiger partial charge in [-0.25, -0.2) is 0 Å². The van der Waals surface area contributed by atoms with Crippen LogP contribution in [-0.2, 0) is 0 Å². The first-order valence-corrected chi connectivity index (χ1v) is 16.1. The van der Waals surface area contributed by atoms with Crippen molar-refractivity contribution in [3.05, 3.63) is 0 Å². The van der Waals surface area contributed by atoms with Gasteiger partial charge < -0.3 is 0 Å². The van der Waals surface area contributed by atoms with Crippen LogP contribution in [0.25, 0.3) is 0 Å². The first kappa shape index (κ1) is 33.0. The van der Waals surface area contributed by atoms with E-state index in [9.17, 15) is 0 Å². The fraction of sp³-hybridized carbons (Fsp3) is 1.00. The third-order valence-electron chi connectivity index (χ3n) is 7.92. The molecule has 0 aromatic carbocycles. The molecular formula is C33H68. The first-order chi connectivity index (χ1) is 16.1. The Morgan fingerprint density at radius 2 is 0.545 bits per heavy atom. The maximum Gasteiger partial charge on any atom is -0.0443 e. The van der Waals surface area contributed by atoms with E-state index in [4.69, 9.17) is 0 Å². The Hall–Kier alpha value is 0. The zero-order valence-corrected chi connectivity index (χ0v) is 24.4. The Balaban J connectivity index is 3.24. The SMILES string of the molecule is CCCCCCCCCCC(C)CCCCCCCCCC(C)CCCCCCCC(C)C. The lowest BCUT2D eigenvalue weighted by Crippen LogP contribution is -1.96. The number of hydrogen-bond acceptors (Lipinski definition) is 0. The van der Waals surface area contributed by atoms with Gasteiger partial charge >= 0.3 is 0 Å². The van der Waals surface area contributed by atoms with Crippen molar-refractivity contribution < 1.29 is 0 Å². The van der Waals surface area contributed by atoms with Crippen LogP contribution in [0.1, 0.15) is 195 Å². The monoisotopic (exact) mass is 465 g/mol. The smallest absolute Gasteiger partial charge is 0.0443 e. The summed E-state index contributed by atoms with van der Waals surface area (Å²) in [6.45, 7) is 12.0. The normalized spacial score (nSPS) is 13.6. The molecule has 0 spiro atoms. The van der Waals surface area contributed by atoms with Gasteiger partial charge in [0.25, 0.3) is 0 Å². The molecule has 2 unspecified atom stereocenters. The molecule has 0 heterocycles. The molecule has 0 radical (unpaired) electrons. The summed E-state index contributed by atoms with van der Waals surface area (Å²) in [4.78, 5) is 0. The Bertz CT molecular complexity index is 344. The van der Waals surface area contributed by atoms with Crippen LogP contribution in [0.2, 0.25) is 0 Å². The molecule has 0 saturated carbocycles. The molecule has 200 valence electrons. The fourth-order valence-electron chi connectivity index (χ4n) is 5.36. The summed E-state index contributed by atoms with van der Waals surface area (Å²) in [6, 6.07) is 0. The van der Waals surface area contributed by atoms with E-state index in [1.54, 1.807) is 0 Å². The summed E-state index contributed by atoms with van der Waals surface area (Å²) >= 11 is 0. The van der Waals surface area contributed by atoms with Crippen molar-refractivity contribution in [3.8, 4) is 0 Å². The van der Waals surface area contributed by atoms with E-state index in [-0.39, 0.29) is 0 Å². The number of hydrogen-bond donors (Lipinski definition) is 0. The molecule has 33 heavy (non-hydrogen) atoms. The fourth-order valence-corrected chi connectivity index (χ4v) is 5.36.